The number of rotatable bonds is 3. The van der Waals surface area contributed by atoms with Gasteiger partial charge in [0.15, 0.2) is 17.3 Å². The number of nitrogens with two attached hydrogens (primary N) is 1. The van der Waals surface area contributed by atoms with Crippen LogP contribution in [-0.2, 0) is 0 Å². The minimum atomic E-state index is -0.556. The third-order valence-electron chi connectivity index (χ3n) is 3.13. The molecule has 0 unspecified atom stereocenters. The highest BCUT2D eigenvalue weighted by molar-refractivity contribution is 6.00. The van der Waals surface area contributed by atoms with Gasteiger partial charge in [-0.25, -0.2) is 0 Å². The Balaban J connectivity index is 2.31. The van der Waals surface area contributed by atoms with Gasteiger partial charge in [-0.3, -0.25) is 4.79 Å². The van der Waals surface area contributed by atoms with E-state index in [-0.39, 0.29) is 5.78 Å². The van der Waals surface area contributed by atoms with Crippen LogP contribution in [0.15, 0.2) is 18.2 Å². The fourth-order valence-electron chi connectivity index (χ4n) is 1.79. The van der Waals surface area contributed by atoms with Crippen molar-refractivity contribution in [1.29, 1.82) is 0 Å². The molecule has 1 aliphatic rings. The van der Waals surface area contributed by atoms with E-state index in [0.29, 0.717) is 36.8 Å². The summed E-state index contributed by atoms with van der Waals surface area (Å²) >= 11 is 0. The van der Waals surface area contributed by atoms with E-state index in [1.807, 2.05) is 13.8 Å². The Morgan fingerprint density at radius 3 is 2.61 bits per heavy atom. The Hall–Kier alpha value is -1.55. The molecule has 1 aromatic rings. The first-order valence-corrected chi connectivity index (χ1v) is 6.19. The van der Waals surface area contributed by atoms with E-state index in [2.05, 4.69) is 0 Å². The highest BCUT2D eigenvalue weighted by Crippen LogP contribution is 2.32. The van der Waals surface area contributed by atoms with Gasteiger partial charge in [0.2, 0.25) is 0 Å². The van der Waals surface area contributed by atoms with E-state index in [4.69, 9.17) is 15.2 Å². The van der Waals surface area contributed by atoms with Crippen molar-refractivity contribution in [2.45, 2.75) is 20.3 Å². The summed E-state index contributed by atoms with van der Waals surface area (Å²) in [5.41, 5.74) is 5.69. The van der Waals surface area contributed by atoms with Gasteiger partial charge < -0.3 is 15.2 Å². The van der Waals surface area contributed by atoms with Crippen LogP contribution in [0.4, 0.5) is 0 Å². The maximum Gasteiger partial charge on any atom is 0.169 e. The van der Waals surface area contributed by atoms with E-state index >= 15 is 0 Å². The average Bonchev–Trinajstić information content (AvgIpc) is 2.62. The number of hydrogen-bond donors (Lipinski definition) is 1. The Morgan fingerprint density at radius 1 is 1.28 bits per heavy atom. The first-order chi connectivity index (χ1) is 8.54. The molecule has 0 aliphatic carbocycles. The monoisotopic (exact) mass is 249 g/mol. The van der Waals surface area contributed by atoms with Gasteiger partial charge in [0.1, 0.15) is 0 Å². The summed E-state index contributed by atoms with van der Waals surface area (Å²) in [6, 6.07) is 5.31. The van der Waals surface area contributed by atoms with Crippen LogP contribution in [0.3, 0.4) is 0 Å². The van der Waals surface area contributed by atoms with Gasteiger partial charge in [-0.2, -0.15) is 0 Å². The van der Waals surface area contributed by atoms with E-state index in [0.717, 1.165) is 6.42 Å². The number of Topliss-reactive ketones (excluding diaryl/α,β-unsaturated/α-hetero) is 1. The third-order valence-corrected chi connectivity index (χ3v) is 3.13. The molecule has 0 aromatic heterocycles. The number of carbonyl (C=O) groups excluding carboxylic acids is 1. The molecule has 98 valence electrons. The summed E-state index contributed by atoms with van der Waals surface area (Å²) in [6.45, 7) is 5.27. The lowest BCUT2D eigenvalue weighted by Gasteiger charge is -2.21. The van der Waals surface area contributed by atoms with Gasteiger partial charge in [0.05, 0.1) is 13.2 Å². The van der Waals surface area contributed by atoms with Crippen LogP contribution in [-0.4, -0.2) is 25.5 Å². The second kappa shape index (κ2) is 4.98. The largest absolute Gasteiger partial charge is 0.490 e. The predicted octanol–water partition coefficient (Wildman–Crippen LogP) is 2.02. The Bertz CT molecular complexity index is 454. The second-order valence-corrected chi connectivity index (χ2v) is 5.13. The van der Waals surface area contributed by atoms with Crippen molar-refractivity contribution in [1.82, 2.24) is 0 Å². The first-order valence-electron chi connectivity index (χ1n) is 6.19. The van der Waals surface area contributed by atoms with Crippen molar-refractivity contribution in [3.05, 3.63) is 23.8 Å². The van der Waals surface area contributed by atoms with Crippen LogP contribution in [0.25, 0.3) is 0 Å². The molecule has 1 aliphatic heterocycles. The van der Waals surface area contributed by atoms with Crippen LogP contribution in [0.5, 0.6) is 11.5 Å². The molecular weight excluding hydrogens is 230 g/mol. The molecule has 0 radical (unpaired) electrons. The van der Waals surface area contributed by atoms with Crippen LogP contribution >= 0.6 is 0 Å². The predicted molar refractivity (Wildman–Crippen MR) is 69.2 cm³/mol. The fourth-order valence-corrected chi connectivity index (χ4v) is 1.79. The van der Waals surface area contributed by atoms with Crippen LogP contribution in [0, 0.1) is 5.41 Å². The van der Waals surface area contributed by atoms with Gasteiger partial charge in [-0.15, -0.1) is 0 Å². The van der Waals surface area contributed by atoms with E-state index in [1.54, 1.807) is 18.2 Å². The Kier molecular flexibility index (Phi) is 3.57. The van der Waals surface area contributed by atoms with E-state index in [9.17, 15) is 4.79 Å². The molecule has 4 nitrogen and oxygen atoms in total. The Labute approximate surface area is 107 Å². The summed E-state index contributed by atoms with van der Waals surface area (Å²) in [4.78, 5) is 12.3. The quantitative estimate of drug-likeness (QED) is 0.832. The molecule has 2 N–H and O–H groups in total. The Morgan fingerprint density at radius 2 is 1.94 bits per heavy atom. The van der Waals surface area contributed by atoms with Gasteiger partial charge in [-0.1, -0.05) is 13.8 Å². The van der Waals surface area contributed by atoms with Crippen LogP contribution in [0.1, 0.15) is 30.6 Å². The van der Waals surface area contributed by atoms with Gasteiger partial charge >= 0.3 is 0 Å². The summed E-state index contributed by atoms with van der Waals surface area (Å²) in [5, 5.41) is 0. The number of benzene rings is 1. The molecular formula is C14H19NO3. The molecule has 0 fully saturated rings. The van der Waals surface area contributed by atoms with Crippen molar-refractivity contribution >= 4 is 5.78 Å². The maximum absolute atomic E-state index is 12.3. The zero-order chi connectivity index (χ0) is 13.2. The van der Waals surface area contributed by atoms with Crippen LogP contribution in [0.2, 0.25) is 0 Å². The smallest absolute Gasteiger partial charge is 0.169 e. The lowest BCUT2D eigenvalue weighted by atomic mass is 9.84. The summed E-state index contributed by atoms with van der Waals surface area (Å²) in [5.74, 6) is 1.38. The van der Waals surface area contributed by atoms with E-state index < -0.39 is 5.41 Å². The lowest BCUT2D eigenvalue weighted by molar-refractivity contribution is 0.0847. The van der Waals surface area contributed by atoms with Gasteiger partial charge in [0, 0.05) is 23.9 Å². The normalized spacial score (nSPS) is 15.1. The molecule has 0 amide bonds. The maximum atomic E-state index is 12.3. The van der Waals surface area contributed by atoms with Crippen molar-refractivity contribution < 1.29 is 14.3 Å². The molecule has 1 aromatic carbocycles. The van der Waals surface area contributed by atoms with Crippen molar-refractivity contribution in [2.24, 2.45) is 11.1 Å². The number of ether oxygens (including phenoxy) is 2. The molecule has 0 saturated carbocycles. The van der Waals surface area contributed by atoms with Gasteiger partial charge in [0.25, 0.3) is 0 Å². The highest BCUT2D eigenvalue weighted by atomic mass is 16.5. The molecule has 18 heavy (non-hydrogen) atoms. The summed E-state index contributed by atoms with van der Waals surface area (Å²) in [6.07, 6.45) is 0.853. The van der Waals surface area contributed by atoms with Gasteiger partial charge in [-0.05, 0) is 18.2 Å². The minimum absolute atomic E-state index is 0.0284. The highest BCUT2D eigenvalue weighted by Gasteiger charge is 2.27. The number of ketones is 1. The molecule has 1 heterocycles. The minimum Gasteiger partial charge on any atom is -0.490 e. The molecule has 0 atom stereocenters. The van der Waals surface area contributed by atoms with Crippen molar-refractivity contribution in [3.8, 4) is 11.5 Å². The SMILES string of the molecule is CC(C)(CN)C(=O)c1ccc2c(c1)OCCCO2. The number of carbonyl (C=O) groups is 1. The molecule has 0 saturated heterocycles. The standard InChI is InChI=1S/C14H19NO3/c1-14(2,9-15)13(16)10-4-5-11-12(8-10)18-7-3-6-17-11/h4-5,8H,3,6-7,9,15H2,1-2H3. The third kappa shape index (κ3) is 2.48. The zero-order valence-corrected chi connectivity index (χ0v) is 10.9. The summed E-state index contributed by atoms with van der Waals surface area (Å²) in [7, 11) is 0. The van der Waals surface area contributed by atoms with Crippen LogP contribution < -0.4 is 15.2 Å². The molecule has 0 spiro atoms. The molecule has 4 heteroatoms. The van der Waals surface area contributed by atoms with Crippen molar-refractivity contribution in [2.75, 3.05) is 19.8 Å². The fraction of sp³-hybridized carbons (Fsp3) is 0.500. The first kappa shape index (κ1) is 12.9. The average molecular weight is 249 g/mol. The summed E-state index contributed by atoms with van der Waals surface area (Å²) < 4.78 is 11.1. The molecule has 2 rings (SSSR count). The zero-order valence-electron chi connectivity index (χ0n) is 10.9. The number of hydrogen-bond acceptors (Lipinski definition) is 4. The molecule has 0 bridgehead atoms. The lowest BCUT2D eigenvalue weighted by Crippen LogP contribution is -2.32. The topological polar surface area (TPSA) is 61.6 Å². The number of fused-ring (bicyclic) bond motifs is 1. The van der Waals surface area contributed by atoms with Crippen molar-refractivity contribution in [3.63, 3.8) is 0 Å². The van der Waals surface area contributed by atoms with E-state index in [1.165, 1.54) is 0 Å². The second-order valence-electron chi connectivity index (χ2n) is 5.13.